The van der Waals surface area contributed by atoms with Crippen molar-refractivity contribution in [3.63, 3.8) is 0 Å². The van der Waals surface area contributed by atoms with E-state index >= 15 is 0 Å². The first-order valence-electron chi connectivity index (χ1n) is 9.14. The first-order valence-corrected chi connectivity index (χ1v) is 9.52. The number of ether oxygens (including phenoxy) is 1. The lowest BCUT2D eigenvalue weighted by Gasteiger charge is -2.24. The molecule has 158 valence electrons. The van der Waals surface area contributed by atoms with Gasteiger partial charge < -0.3 is 15.0 Å². The maximum Gasteiger partial charge on any atom is 0.413 e. The molecule has 1 aromatic carbocycles. The van der Waals surface area contributed by atoms with Crippen LogP contribution < -0.4 is 16.6 Å². The fourth-order valence-electron chi connectivity index (χ4n) is 2.69. The molecule has 10 heteroatoms. The number of nitrogens with one attached hydrogen (secondary N) is 1. The van der Waals surface area contributed by atoms with Gasteiger partial charge in [0.25, 0.3) is 5.56 Å². The van der Waals surface area contributed by atoms with Crippen LogP contribution in [0.5, 0.6) is 0 Å². The lowest BCUT2D eigenvalue weighted by molar-refractivity contribution is 0.134. The van der Waals surface area contributed by atoms with Crippen LogP contribution in [0.4, 0.5) is 25.1 Å². The number of hydrogen-bond acceptors (Lipinski definition) is 5. The van der Waals surface area contributed by atoms with Crippen LogP contribution >= 0.6 is 11.6 Å². The molecule has 1 amide bonds. The van der Waals surface area contributed by atoms with Gasteiger partial charge in [0.15, 0.2) is 11.9 Å². The first kappa shape index (κ1) is 21.6. The largest absolute Gasteiger partial charge is 0.428 e. The Labute approximate surface area is 176 Å². The van der Waals surface area contributed by atoms with Gasteiger partial charge in [0.05, 0.1) is 12.2 Å². The van der Waals surface area contributed by atoms with Crippen molar-refractivity contribution in [2.75, 3.05) is 11.1 Å². The third-order valence-electron chi connectivity index (χ3n) is 4.24. The molecule has 2 aliphatic rings. The van der Waals surface area contributed by atoms with Crippen molar-refractivity contribution in [3.05, 3.63) is 51.0 Å². The first-order chi connectivity index (χ1) is 14.2. The van der Waals surface area contributed by atoms with Crippen LogP contribution in [0.2, 0.25) is 5.02 Å². The van der Waals surface area contributed by atoms with Gasteiger partial charge in [-0.05, 0) is 37.5 Å². The van der Waals surface area contributed by atoms with Gasteiger partial charge in [-0.1, -0.05) is 23.4 Å². The lowest BCUT2D eigenvalue weighted by Crippen LogP contribution is -2.26. The molecule has 1 aromatic heterocycles. The Morgan fingerprint density at radius 1 is 1.37 bits per heavy atom. The van der Waals surface area contributed by atoms with Crippen LogP contribution in [-0.4, -0.2) is 22.1 Å². The molecule has 7 nitrogen and oxygen atoms in total. The maximum atomic E-state index is 12.1. The summed E-state index contributed by atoms with van der Waals surface area (Å²) in [4.78, 5) is 27.6. The Bertz CT molecular complexity index is 1070. The van der Waals surface area contributed by atoms with Crippen LogP contribution in [0.25, 0.3) is 0 Å². The molecule has 1 aliphatic heterocycles. The van der Waals surface area contributed by atoms with Crippen molar-refractivity contribution in [3.8, 4) is 11.8 Å². The number of cyclic esters (lactones) is 1. The Morgan fingerprint density at radius 2 is 2.07 bits per heavy atom. The van der Waals surface area contributed by atoms with Gasteiger partial charge in [-0.2, -0.15) is 0 Å². The fourth-order valence-corrected chi connectivity index (χ4v) is 2.92. The maximum absolute atomic E-state index is 12.1. The molecule has 1 aliphatic carbocycles. The number of hydrogen-bond donors (Lipinski definition) is 2. The Balaban J connectivity index is 0.000000589. The molecule has 2 aromatic rings. The number of aromatic nitrogens is 2. The number of nitrogens with zero attached hydrogens (tertiary/aromatic N) is 2. The molecule has 0 saturated heterocycles. The topological polar surface area (TPSA) is 99.2 Å². The second kappa shape index (κ2) is 9.13. The number of rotatable bonds is 2. The molecule has 4 rings (SSSR count). The zero-order chi connectivity index (χ0) is 21.8. The van der Waals surface area contributed by atoms with E-state index in [9.17, 15) is 18.4 Å². The molecular weight excluding hydrogens is 418 g/mol. The van der Waals surface area contributed by atoms with Gasteiger partial charge in [-0.25, -0.2) is 18.6 Å². The van der Waals surface area contributed by atoms with E-state index in [2.05, 4.69) is 22.1 Å². The van der Waals surface area contributed by atoms with Crippen LogP contribution in [0, 0.1) is 17.8 Å². The van der Waals surface area contributed by atoms with E-state index in [0.717, 1.165) is 19.8 Å². The molecule has 3 N–H and O–H groups in total. The number of benzene rings is 1. The summed E-state index contributed by atoms with van der Waals surface area (Å²) in [5, 5.41) is 3.11. The molecule has 30 heavy (non-hydrogen) atoms. The predicted octanol–water partition coefficient (Wildman–Crippen LogP) is 3.82. The highest BCUT2D eigenvalue weighted by molar-refractivity contribution is 6.31. The molecule has 1 saturated carbocycles. The van der Waals surface area contributed by atoms with Crippen LogP contribution in [0.3, 0.4) is 0 Å². The van der Waals surface area contributed by atoms with Crippen molar-refractivity contribution in [1.29, 1.82) is 0 Å². The highest BCUT2D eigenvalue weighted by Gasteiger charge is 2.27. The number of carbonyl (C=O) groups excluding carboxylic acids is 1. The standard InChI is InChI=1S/C18H15ClN4O3.C2H4F2/c19-13-8-12-14(22-18(25)26-15(12)4-3-10-1-2-10)7-11(13)9-23-6-5-21-16(20)17(23)24;1-2(3)4/h5-8,10,15H,1-2,9H2,(H2,20,21)(H,22,25);2H,1H3/t15-;/m0./s1. The van der Waals surface area contributed by atoms with E-state index in [-0.39, 0.29) is 12.4 Å². The number of halogens is 3. The summed E-state index contributed by atoms with van der Waals surface area (Å²) in [6.07, 6.45) is 1.77. The Hall–Kier alpha value is -3.12. The summed E-state index contributed by atoms with van der Waals surface area (Å²) in [7, 11) is 0. The second-order valence-corrected chi connectivity index (χ2v) is 7.18. The smallest absolute Gasteiger partial charge is 0.413 e. The summed E-state index contributed by atoms with van der Waals surface area (Å²) in [6.45, 7) is 1.03. The quantitative estimate of drug-likeness (QED) is 0.697. The number of anilines is 2. The minimum Gasteiger partial charge on any atom is -0.428 e. The van der Waals surface area contributed by atoms with E-state index in [0.29, 0.717) is 27.8 Å². The number of nitrogens with two attached hydrogens (primary N) is 1. The summed E-state index contributed by atoms with van der Waals surface area (Å²) in [5.41, 5.74) is 7.09. The zero-order valence-corrected chi connectivity index (χ0v) is 16.7. The van der Waals surface area contributed by atoms with Gasteiger partial charge >= 0.3 is 6.09 Å². The summed E-state index contributed by atoms with van der Waals surface area (Å²) in [5.74, 6) is 6.43. The molecule has 1 fully saturated rings. The van der Waals surface area contributed by atoms with E-state index < -0.39 is 24.2 Å². The van der Waals surface area contributed by atoms with Crippen LogP contribution in [0.1, 0.15) is 37.0 Å². The molecule has 0 radical (unpaired) electrons. The number of carbonyl (C=O) groups is 1. The lowest BCUT2D eigenvalue weighted by atomic mass is 10.0. The molecule has 1 atom stereocenters. The van der Waals surface area contributed by atoms with Gasteiger partial charge in [0.1, 0.15) is 0 Å². The van der Waals surface area contributed by atoms with Crippen molar-refractivity contribution >= 4 is 29.2 Å². The van der Waals surface area contributed by atoms with Crippen molar-refractivity contribution in [2.45, 2.75) is 38.8 Å². The minimum absolute atomic E-state index is 0.0845. The number of nitrogen functional groups attached to an aromatic ring is 1. The summed E-state index contributed by atoms with van der Waals surface area (Å²) < 4.78 is 27.3. The minimum atomic E-state index is -2.17. The van der Waals surface area contributed by atoms with E-state index in [1.54, 1.807) is 12.1 Å². The average molecular weight is 437 g/mol. The van der Waals surface area contributed by atoms with E-state index in [4.69, 9.17) is 22.1 Å². The number of alkyl halides is 2. The van der Waals surface area contributed by atoms with Gasteiger partial charge in [0.2, 0.25) is 6.43 Å². The predicted molar refractivity (Wildman–Crippen MR) is 108 cm³/mol. The average Bonchev–Trinajstić information content (AvgIpc) is 3.48. The Kier molecular flexibility index (Phi) is 6.57. The van der Waals surface area contributed by atoms with E-state index in [1.807, 2.05) is 0 Å². The van der Waals surface area contributed by atoms with Gasteiger partial charge in [-0.15, -0.1) is 0 Å². The SMILES string of the molecule is CC(F)F.Nc1nccn(Cc2cc3c(cc2Cl)[C@H](C#CC2CC2)OC(=O)N3)c1=O. The molecule has 0 bridgehead atoms. The Morgan fingerprint density at radius 3 is 2.73 bits per heavy atom. The zero-order valence-electron chi connectivity index (χ0n) is 16.0. The van der Waals surface area contributed by atoms with Gasteiger partial charge in [0, 0.05) is 28.9 Å². The van der Waals surface area contributed by atoms with Crippen molar-refractivity contribution in [2.24, 2.45) is 5.92 Å². The fraction of sp³-hybridized carbons (Fsp3) is 0.350. The van der Waals surface area contributed by atoms with Gasteiger partial charge in [-0.3, -0.25) is 10.1 Å². The van der Waals surface area contributed by atoms with Crippen LogP contribution in [-0.2, 0) is 11.3 Å². The monoisotopic (exact) mass is 436 g/mol. The van der Waals surface area contributed by atoms with Crippen molar-refractivity contribution in [1.82, 2.24) is 9.55 Å². The third-order valence-corrected chi connectivity index (χ3v) is 4.59. The number of fused-ring (bicyclic) bond motifs is 1. The normalized spacial score (nSPS) is 17.0. The third kappa shape index (κ3) is 5.48. The second-order valence-electron chi connectivity index (χ2n) is 6.77. The van der Waals surface area contributed by atoms with Crippen molar-refractivity contribution < 1.29 is 18.3 Å². The summed E-state index contributed by atoms with van der Waals surface area (Å²) in [6, 6.07) is 3.44. The van der Waals surface area contributed by atoms with Crippen LogP contribution in [0.15, 0.2) is 29.3 Å². The number of amides is 1. The highest BCUT2D eigenvalue weighted by Crippen LogP contribution is 2.36. The molecular formula is C20H19ClF2N4O3. The van der Waals surface area contributed by atoms with E-state index in [1.165, 1.54) is 17.0 Å². The molecule has 2 heterocycles. The molecule has 0 spiro atoms. The molecule has 0 unspecified atom stereocenters. The highest BCUT2D eigenvalue weighted by atomic mass is 35.5. The summed E-state index contributed by atoms with van der Waals surface area (Å²) >= 11 is 6.40.